The van der Waals surface area contributed by atoms with Crippen molar-refractivity contribution in [3.63, 3.8) is 0 Å². The molecule has 4 heterocycles. The fourth-order valence-electron chi connectivity index (χ4n) is 9.68. The van der Waals surface area contributed by atoms with E-state index in [4.69, 9.17) is 9.47 Å². The third kappa shape index (κ3) is 14.5. The molecule has 4 unspecified atom stereocenters. The molecule has 390 valence electrons. The van der Waals surface area contributed by atoms with Crippen LogP contribution in [0.3, 0.4) is 0 Å². The van der Waals surface area contributed by atoms with Crippen LogP contribution in [0.2, 0.25) is 0 Å². The zero-order chi connectivity index (χ0) is 49.2. The van der Waals surface area contributed by atoms with Crippen LogP contribution in [-0.2, 0) is 38.2 Å². The van der Waals surface area contributed by atoms with Crippen LogP contribution in [0, 0.1) is 10.8 Å². The van der Waals surface area contributed by atoms with Crippen molar-refractivity contribution < 1.29 is 38.2 Å². The number of carbonyl (C=O) groups is 6. The molecule has 6 N–H and O–H groups in total. The van der Waals surface area contributed by atoms with E-state index in [1.54, 1.807) is 61.3 Å². The van der Waals surface area contributed by atoms with Gasteiger partial charge in [-0.15, -0.1) is 48.3 Å². The van der Waals surface area contributed by atoms with E-state index in [0.29, 0.717) is 63.2 Å². The molecule has 6 rings (SSSR count). The van der Waals surface area contributed by atoms with Gasteiger partial charge in [0.05, 0.1) is 48.1 Å². The van der Waals surface area contributed by atoms with Gasteiger partial charge in [0.25, 0.3) is 0 Å². The number of hydrogen-bond acceptors (Lipinski definition) is 12. The average Bonchev–Trinajstić information content (AvgIpc) is 3.64. The summed E-state index contributed by atoms with van der Waals surface area (Å²) in [5, 5.41) is 17.8. The molecule has 2 aromatic carbocycles. The lowest BCUT2D eigenvalue weighted by Crippen LogP contribution is -2.58. The van der Waals surface area contributed by atoms with Crippen LogP contribution < -0.4 is 31.9 Å². The molecule has 20 heteroatoms. The van der Waals surface area contributed by atoms with E-state index in [2.05, 4.69) is 31.9 Å². The summed E-state index contributed by atoms with van der Waals surface area (Å²) in [5.74, 6) is -0.106. The first-order valence-corrected chi connectivity index (χ1v) is 26.3. The van der Waals surface area contributed by atoms with Gasteiger partial charge < -0.3 is 51.2 Å². The molecule has 0 bridgehead atoms. The monoisotopic (exact) mass is 1050 g/mol. The molecule has 6 amide bonds. The molecule has 0 saturated carbocycles. The van der Waals surface area contributed by atoms with Gasteiger partial charge in [0.2, 0.25) is 35.4 Å². The Bertz CT molecular complexity index is 1920. The van der Waals surface area contributed by atoms with Crippen LogP contribution >= 0.6 is 48.3 Å². The number of rotatable bonds is 21. The third-order valence-electron chi connectivity index (χ3n) is 13.8. The fourth-order valence-corrected chi connectivity index (χ4v) is 12.8. The van der Waals surface area contributed by atoms with E-state index in [1.807, 2.05) is 88.4 Å². The summed E-state index contributed by atoms with van der Waals surface area (Å²) in [7, 11) is 3.40. The van der Waals surface area contributed by atoms with Gasteiger partial charge in [-0.2, -0.15) is 0 Å². The number of carbonyl (C=O) groups excluding carboxylic acids is 6. The maximum Gasteiger partial charge on any atom is 0.246 e. The zero-order valence-electron chi connectivity index (χ0n) is 41.8. The predicted molar refractivity (Wildman–Crippen MR) is 281 cm³/mol. The number of unbranched alkanes of at least 4 members (excludes halogenated alkanes) is 1. The maximum atomic E-state index is 14.4. The van der Waals surface area contributed by atoms with Crippen molar-refractivity contribution in [2.75, 3.05) is 52.0 Å². The Morgan fingerprint density at radius 1 is 0.629 bits per heavy atom. The largest absolute Gasteiger partial charge is 0.379 e. The summed E-state index contributed by atoms with van der Waals surface area (Å²) in [6.45, 7) is 12.9. The SMILES string of the molecule is CNC(C)C(=O)N[C@H]1CCS[C@H]2CC(C)(C)[C@@H](C(=O)NC(COCCCCOCC(NC(=O)[C@H]3N4C(=O)[C@@H](NC(=O)C(C)NC)CCS[C@H]4CC3(C)C)c3ccccc3)c3ccccc3)N2C1=O.Cl.Cl. The number of amides is 6. The first-order chi connectivity index (χ1) is 32.5. The van der Waals surface area contributed by atoms with Crippen LogP contribution in [0.1, 0.15) is 103 Å². The van der Waals surface area contributed by atoms with Gasteiger partial charge in [-0.3, -0.25) is 28.8 Å². The van der Waals surface area contributed by atoms with E-state index in [0.717, 1.165) is 11.1 Å². The fraction of sp³-hybridized carbons (Fsp3) is 0.640. The number of benzene rings is 2. The highest BCUT2D eigenvalue weighted by atomic mass is 35.5. The average molecular weight is 1050 g/mol. The number of thioether (sulfide) groups is 2. The minimum absolute atomic E-state index is 0. The molecule has 0 aromatic heterocycles. The number of ether oxygens (including phenoxy) is 2. The van der Waals surface area contributed by atoms with Crippen LogP contribution in [0.5, 0.6) is 0 Å². The molecule has 10 atom stereocenters. The second-order valence-electron chi connectivity index (χ2n) is 19.9. The first kappa shape index (κ1) is 58.9. The zero-order valence-corrected chi connectivity index (χ0v) is 45.1. The highest BCUT2D eigenvalue weighted by Crippen LogP contribution is 2.48. The first-order valence-electron chi connectivity index (χ1n) is 24.2. The van der Waals surface area contributed by atoms with Crippen LogP contribution in [0.25, 0.3) is 0 Å². The normalized spacial score (nSPS) is 25.3. The summed E-state index contributed by atoms with van der Waals surface area (Å²) < 4.78 is 12.4. The number of halogens is 2. The molecule has 4 aliphatic rings. The van der Waals surface area contributed by atoms with E-state index >= 15 is 0 Å². The molecule has 70 heavy (non-hydrogen) atoms. The van der Waals surface area contributed by atoms with Crippen LogP contribution in [-0.4, -0.2) is 144 Å². The number of hydrogen-bond donors (Lipinski definition) is 6. The molecule has 0 aliphatic carbocycles. The van der Waals surface area contributed by atoms with Crippen LogP contribution in [0.15, 0.2) is 60.7 Å². The van der Waals surface area contributed by atoms with Crippen LogP contribution in [0.4, 0.5) is 0 Å². The Morgan fingerprint density at radius 3 is 1.33 bits per heavy atom. The second-order valence-corrected chi connectivity index (χ2v) is 22.4. The Balaban J connectivity index is 0.00000533. The molecule has 4 fully saturated rings. The lowest BCUT2D eigenvalue weighted by molar-refractivity contribution is -0.144. The van der Waals surface area contributed by atoms with E-state index < -0.39 is 59.2 Å². The molecule has 0 radical (unpaired) electrons. The standard InChI is InChI=1S/C50H74N8O8S2.2ClH/c1-31(51-7)43(59)53-35-21-25-67-39-27-49(3,4)41(57(39)47(35)63)45(61)55-37(33-17-11-9-12-18-33)29-65-23-15-16-24-66-30-38(34-19-13-10-14-20-34)56-46(62)42-50(5,6)28-40-58(42)48(64)36(22-26-68-40)54-44(60)32(2)52-8;;/h9-14,17-20,31-32,35-42,51-52H,15-16,21-30H2,1-8H3,(H,53,59)(H,54,60)(H,55,61)(H,56,62);2*1H/t31?,32?,35-,36-,37?,38?,39-,40-,41+,42+;;/m0../s1. The van der Waals surface area contributed by atoms with Crippen molar-refractivity contribution in [1.29, 1.82) is 0 Å². The second kappa shape index (κ2) is 26.9. The van der Waals surface area contributed by atoms with Gasteiger partial charge in [0.1, 0.15) is 24.2 Å². The Labute approximate surface area is 435 Å². The van der Waals surface area contributed by atoms with Gasteiger partial charge in [0, 0.05) is 13.2 Å². The van der Waals surface area contributed by atoms with Crippen molar-refractivity contribution in [3.05, 3.63) is 71.8 Å². The summed E-state index contributed by atoms with van der Waals surface area (Å²) in [5.41, 5.74) is 0.744. The molecule has 2 aromatic rings. The van der Waals surface area contributed by atoms with Crippen molar-refractivity contribution in [2.45, 2.75) is 139 Å². The van der Waals surface area contributed by atoms with E-state index in [9.17, 15) is 28.8 Å². The smallest absolute Gasteiger partial charge is 0.246 e. The van der Waals surface area contributed by atoms with Crippen molar-refractivity contribution in [3.8, 4) is 0 Å². The lowest BCUT2D eigenvalue weighted by Gasteiger charge is -2.35. The van der Waals surface area contributed by atoms with Gasteiger partial charge >= 0.3 is 0 Å². The minimum Gasteiger partial charge on any atom is -0.379 e. The summed E-state index contributed by atoms with van der Waals surface area (Å²) in [6, 6.07) is 14.6. The quantitative estimate of drug-likeness (QED) is 0.0943. The number of nitrogens with zero attached hydrogens (tertiary/aromatic N) is 2. The molecular formula is C50H76Cl2N8O8S2. The van der Waals surface area contributed by atoms with Crippen molar-refractivity contribution in [1.82, 2.24) is 41.7 Å². The predicted octanol–water partition coefficient (Wildman–Crippen LogP) is 4.72. The lowest BCUT2D eigenvalue weighted by atomic mass is 9.83. The van der Waals surface area contributed by atoms with E-state index in [1.165, 1.54) is 0 Å². The molecular weight excluding hydrogens is 976 g/mol. The van der Waals surface area contributed by atoms with Gasteiger partial charge in [-0.1, -0.05) is 88.4 Å². The Morgan fingerprint density at radius 2 is 0.986 bits per heavy atom. The number of likely N-dealkylation sites (N-methyl/N-ethyl adjacent to an activating group) is 2. The van der Waals surface area contributed by atoms with Crippen molar-refractivity contribution >= 4 is 83.8 Å². The molecule has 16 nitrogen and oxygen atoms in total. The number of nitrogens with one attached hydrogen (secondary N) is 6. The minimum atomic E-state index is -0.740. The van der Waals surface area contributed by atoms with Gasteiger partial charge in [-0.05, 0) is 99.9 Å². The third-order valence-corrected chi connectivity index (χ3v) is 16.3. The summed E-state index contributed by atoms with van der Waals surface area (Å²) in [6.07, 6.45) is 3.66. The Hall–Kier alpha value is -3.62. The topological polar surface area (TPSA) is 200 Å². The van der Waals surface area contributed by atoms with Crippen molar-refractivity contribution in [2.24, 2.45) is 10.8 Å². The summed E-state index contributed by atoms with van der Waals surface area (Å²) >= 11 is 3.32. The van der Waals surface area contributed by atoms with E-state index in [-0.39, 0.29) is 84.2 Å². The molecule has 4 saturated heterocycles. The highest BCUT2D eigenvalue weighted by molar-refractivity contribution is 8.00. The van der Waals surface area contributed by atoms with Gasteiger partial charge in [-0.25, -0.2) is 0 Å². The number of fused-ring (bicyclic) bond motifs is 2. The summed E-state index contributed by atoms with van der Waals surface area (Å²) in [4.78, 5) is 86.1. The maximum absolute atomic E-state index is 14.4. The molecule has 4 aliphatic heterocycles. The van der Waals surface area contributed by atoms with Gasteiger partial charge in [0.15, 0.2) is 0 Å². The highest BCUT2D eigenvalue weighted by Gasteiger charge is 2.56. The Kier molecular flexibility index (Phi) is 22.6. The molecule has 0 spiro atoms.